The first-order valence-electron chi connectivity index (χ1n) is 13.0. The van der Waals surface area contributed by atoms with Gasteiger partial charge in [-0.3, -0.25) is 19.4 Å². The van der Waals surface area contributed by atoms with Gasteiger partial charge >= 0.3 is 0 Å². The van der Waals surface area contributed by atoms with E-state index in [9.17, 15) is 14.4 Å². The van der Waals surface area contributed by atoms with E-state index in [-0.39, 0.29) is 23.2 Å². The minimum absolute atomic E-state index is 0.202. The van der Waals surface area contributed by atoms with Crippen LogP contribution in [-0.2, 0) is 10.2 Å². The Bertz CT molecular complexity index is 1680. The molecule has 1 fully saturated rings. The molecule has 3 aliphatic rings. The largest absolute Gasteiger partial charge is 0.352 e. The van der Waals surface area contributed by atoms with Crippen molar-refractivity contribution < 1.29 is 14.4 Å². The van der Waals surface area contributed by atoms with Crippen molar-refractivity contribution in [1.29, 1.82) is 0 Å². The van der Waals surface area contributed by atoms with E-state index in [1.165, 1.54) is 0 Å². The highest BCUT2D eigenvalue weighted by Gasteiger charge is 2.70. The van der Waals surface area contributed by atoms with Gasteiger partial charge in [0, 0.05) is 28.7 Å². The second-order valence-corrected chi connectivity index (χ2v) is 10.3. The van der Waals surface area contributed by atoms with Gasteiger partial charge in [0.2, 0.25) is 5.91 Å². The number of carbonyl (C=O) groups is 3. The van der Waals surface area contributed by atoms with E-state index in [0.29, 0.717) is 11.3 Å². The number of ketones is 2. The third kappa shape index (κ3) is 3.15. The first-order valence-corrected chi connectivity index (χ1v) is 13.0. The Balaban J connectivity index is 1.57. The van der Waals surface area contributed by atoms with Crippen LogP contribution in [-0.4, -0.2) is 34.5 Å². The number of pyridine rings is 1. The number of Topliss-reactive ketones (excluding diaryl/α,β-unsaturated/α-hetero) is 2. The Labute approximate surface area is 226 Å². The molecule has 3 aliphatic heterocycles. The molecule has 4 atom stereocenters. The lowest BCUT2D eigenvalue weighted by atomic mass is 9.64. The molecule has 7 rings (SSSR count). The lowest BCUT2D eigenvalue weighted by Gasteiger charge is -2.39. The summed E-state index contributed by atoms with van der Waals surface area (Å²) in [6.07, 6.45) is 3.62. The van der Waals surface area contributed by atoms with Crippen molar-refractivity contribution in [3.05, 3.63) is 132 Å². The zero-order valence-corrected chi connectivity index (χ0v) is 21.2. The summed E-state index contributed by atoms with van der Waals surface area (Å²) in [6.45, 7) is 2.02. The number of fused-ring (bicyclic) bond motifs is 6. The third-order valence-electron chi connectivity index (χ3n) is 8.41. The van der Waals surface area contributed by atoms with E-state index >= 15 is 0 Å². The quantitative estimate of drug-likeness (QED) is 0.375. The fraction of sp³-hybridized carbons (Fsp3) is 0.152. The van der Waals surface area contributed by atoms with E-state index in [1.807, 2.05) is 78.6 Å². The van der Waals surface area contributed by atoms with Gasteiger partial charge in [0.15, 0.2) is 11.6 Å². The highest BCUT2D eigenvalue weighted by molar-refractivity contribution is 6.18. The SMILES string of the molecule is CC1=C[C@H]2N(c3ccccc31)[C@H](C(=O)c1ccccc1)[C@@H](C(=O)c1ccccn1)[C@]21C(=O)Nc2ccccc21. The number of rotatable bonds is 4. The molecule has 190 valence electrons. The molecule has 3 aromatic carbocycles. The number of nitrogens with zero attached hydrogens (tertiary/aromatic N) is 2. The minimum atomic E-state index is -1.34. The Morgan fingerprint density at radius 2 is 1.56 bits per heavy atom. The van der Waals surface area contributed by atoms with Gasteiger partial charge in [-0.05, 0) is 42.3 Å². The molecule has 0 saturated carbocycles. The van der Waals surface area contributed by atoms with Crippen LogP contribution in [0.25, 0.3) is 5.57 Å². The van der Waals surface area contributed by atoms with Crippen LogP contribution in [0.5, 0.6) is 0 Å². The molecule has 0 bridgehead atoms. The maximum absolute atomic E-state index is 14.6. The zero-order chi connectivity index (χ0) is 26.7. The van der Waals surface area contributed by atoms with Gasteiger partial charge in [0.25, 0.3) is 0 Å². The molecule has 1 amide bonds. The van der Waals surface area contributed by atoms with Crippen LogP contribution in [0.1, 0.15) is 38.9 Å². The number of hydrogen-bond donors (Lipinski definition) is 1. The average molecular weight is 512 g/mol. The van der Waals surface area contributed by atoms with Crippen molar-refractivity contribution in [2.75, 3.05) is 10.2 Å². The van der Waals surface area contributed by atoms with Gasteiger partial charge in [-0.15, -0.1) is 0 Å². The monoisotopic (exact) mass is 511 g/mol. The number of aromatic nitrogens is 1. The summed E-state index contributed by atoms with van der Waals surface area (Å²) < 4.78 is 0. The predicted molar refractivity (Wildman–Crippen MR) is 150 cm³/mol. The number of nitrogens with one attached hydrogen (secondary N) is 1. The Morgan fingerprint density at radius 1 is 0.846 bits per heavy atom. The minimum Gasteiger partial charge on any atom is -0.352 e. The molecule has 1 saturated heterocycles. The first-order chi connectivity index (χ1) is 19.0. The predicted octanol–water partition coefficient (Wildman–Crippen LogP) is 5.33. The van der Waals surface area contributed by atoms with Crippen LogP contribution in [0.4, 0.5) is 11.4 Å². The normalized spacial score (nSPS) is 24.4. The molecule has 1 spiro atoms. The van der Waals surface area contributed by atoms with Crippen molar-refractivity contribution in [1.82, 2.24) is 4.98 Å². The fourth-order valence-electron chi connectivity index (χ4n) is 6.83. The Morgan fingerprint density at radius 3 is 2.36 bits per heavy atom. The lowest BCUT2D eigenvalue weighted by Crippen LogP contribution is -2.51. The molecule has 4 aromatic rings. The number of amides is 1. The molecule has 0 unspecified atom stereocenters. The Hall–Kier alpha value is -4.84. The van der Waals surface area contributed by atoms with E-state index < -0.39 is 23.4 Å². The summed E-state index contributed by atoms with van der Waals surface area (Å²) >= 11 is 0. The molecule has 1 aromatic heterocycles. The number of carbonyl (C=O) groups excluding carboxylic acids is 3. The number of allylic oxidation sites excluding steroid dienone is 1. The van der Waals surface area contributed by atoms with E-state index in [2.05, 4.69) is 16.4 Å². The number of para-hydroxylation sites is 2. The molecule has 0 radical (unpaired) electrons. The maximum Gasteiger partial charge on any atom is 0.238 e. The van der Waals surface area contributed by atoms with Crippen LogP contribution in [0, 0.1) is 5.92 Å². The van der Waals surface area contributed by atoms with Crippen molar-refractivity contribution >= 4 is 34.4 Å². The van der Waals surface area contributed by atoms with Gasteiger partial charge in [0.05, 0.1) is 12.0 Å². The van der Waals surface area contributed by atoms with Crippen molar-refractivity contribution in [3.8, 4) is 0 Å². The van der Waals surface area contributed by atoms with E-state index in [1.54, 1.807) is 36.5 Å². The number of benzene rings is 3. The molecule has 1 N–H and O–H groups in total. The highest BCUT2D eigenvalue weighted by atomic mass is 16.2. The molecular weight excluding hydrogens is 486 g/mol. The summed E-state index contributed by atoms with van der Waals surface area (Å²) in [5, 5.41) is 3.06. The van der Waals surface area contributed by atoms with Crippen molar-refractivity contribution in [3.63, 3.8) is 0 Å². The van der Waals surface area contributed by atoms with Crippen LogP contribution in [0.3, 0.4) is 0 Å². The standard InChI is InChI=1S/C33H25N3O3/c1-20-19-27-33(23-14-6-7-15-24(23)35-32(33)39)28(31(38)25-16-9-10-18-34-25)29(30(37)21-11-3-2-4-12-21)36(27)26-17-8-5-13-22(20)26/h2-19,27-29H,1H3,(H,35,39)/t27-,28+,29+,33-/m1/s1. The van der Waals surface area contributed by atoms with Crippen LogP contribution < -0.4 is 10.2 Å². The van der Waals surface area contributed by atoms with Crippen LogP contribution in [0.15, 0.2) is 109 Å². The molecule has 4 heterocycles. The highest BCUT2D eigenvalue weighted by Crippen LogP contribution is 2.58. The molecule has 0 aliphatic carbocycles. The first kappa shape index (κ1) is 23.3. The summed E-state index contributed by atoms with van der Waals surface area (Å²) in [7, 11) is 0. The summed E-state index contributed by atoms with van der Waals surface area (Å²) in [4.78, 5) is 49.9. The van der Waals surface area contributed by atoms with Gasteiger partial charge < -0.3 is 10.2 Å². The molecule has 6 heteroatoms. The van der Waals surface area contributed by atoms with Gasteiger partial charge in [0.1, 0.15) is 17.2 Å². The molecule has 6 nitrogen and oxygen atoms in total. The lowest BCUT2D eigenvalue weighted by molar-refractivity contribution is -0.121. The second kappa shape index (κ2) is 8.60. The summed E-state index contributed by atoms with van der Waals surface area (Å²) in [5.41, 5.74) is 3.60. The molecular formula is C33H25N3O3. The van der Waals surface area contributed by atoms with E-state index in [0.717, 1.165) is 22.4 Å². The third-order valence-corrected chi connectivity index (χ3v) is 8.41. The van der Waals surface area contributed by atoms with Crippen molar-refractivity contribution in [2.45, 2.75) is 24.4 Å². The Kier molecular flexibility index (Phi) is 5.13. The fourth-order valence-corrected chi connectivity index (χ4v) is 6.83. The van der Waals surface area contributed by atoms with Gasteiger partial charge in [-0.1, -0.05) is 78.9 Å². The number of hydrogen-bond acceptors (Lipinski definition) is 5. The van der Waals surface area contributed by atoms with E-state index in [4.69, 9.17) is 0 Å². The van der Waals surface area contributed by atoms with Gasteiger partial charge in [-0.2, -0.15) is 0 Å². The zero-order valence-electron chi connectivity index (χ0n) is 21.2. The topological polar surface area (TPSA) is 79.4 Å². The average Bonchev–Trinajstić information content (AvgIpc) is 3.45. The summed E-state index contributed by atoms with van der Waals surface area (Å²) in [5.74, 6) is -1.83. The number of anilines is 2. The van der Waals surface area contributed by atoms with Crippen molar-refractivity contribution in [2.24, 2.45) is 5.92 Å². The van der Waals surface area contributed by atoms with Gasteiger partial charge in [-0.25, -0.2) is 0 Å². The smallest absolute Gasteiger partial charge is 0.238 e. The van der Waals surface area contributed by atoms with Crippen LogP contribution in [0.2, 0.25) is 0 Å². The van der Waals surface area contributed by atoms with Crippen LogP contribution >= 0.6 is 0 Å². The second-order valence-electron chi connectivity index (χ2n) is 10.3. The molecule has 39 heavy (non-hydrogen) atoms. The summed E-state index contributed by atoms with van der Waals surface area (Å²) in [6, 6.07) is 28.1. The maximum atomic E-state index is 14.6.